The Labute approximate surface area is 359 Å². The number of aromatic nitrogens is 1. The Kier molecular flexibility index (Phi) is 20.7. The lowest BCUT2D eigenvalue weighted by Gasteiger charge is -2.33. The van der Waals surface area contributed by atoms with Crippen molar-refractivity contribution in [3.05, 3.63) is 60.3 Å². The van der Waals surface area contributed by atoms with E-state index in [-0.39, 0.29) is 67.2 Å². The fourth-order valence-electron chi connectivity index (χ4n) is 6.94. The Hall–Kier alpha value is -4.81. The summed E-state index contributed by atoms with van der Waals surface area (Å²) < 4.78 is 27.8. The number of phenolic OH excluding ortho intramolecular Hbond substituents is 1. The molecule has 0 radical (unpaired) electrons. The zero-order valence-electron chi connectivity index (χ0n) is 36.1. The predicted octanol–water partition coefficient (Wildman–Crippen LogP) is 2.45. The summed E-state index contributed by atoms with van der Waals surface area (Å²) in [5.41, 5.74) is -0.243. The van der Waals surface area contributed by atoms with Crippen molar-refractivity contribution in [1.82, 2.24) is 25.8 Å². The highest BCUT2D eigenvalue weighted by molar-refractivity contribution is 6.06. The van der Waals surface area contributed by atoms with E-state index in [1.54, 1.807) is 35.4 Å². The number of hydrogen-bond acceptors (Lipinski definition) is 14. The summed E-state index contributed by atoms with van der Waals surface area (Å²) in [6.07, 6.45) is 4.85. The van der Waals surface area contributed by atoms with Crippen molar-refractivity contribution in [2.75, 3.05) is 97.1 Å². The summed E-state index contributed by atoms with van der Waals surface area (Å²) in [7, 11) is 0. The number of likely N-dealkylation sites (tertiary alicyclic amines) is 1. The molecular formula is C44H66N6O11. The summed E-state index contributed by atoms with van der Waals surface area (Å²) in [5.74, 6) is 0.770. The van der Waals surface area contributed by atoms with E-state index in [2.05, 4.69) is 27.8 Å². The van der Waals surface area contributed by atoms with E-state index in [1.807, 2.05) is 32.9 Å². The Morgan fingerprint density at radius 2 is 1.61 bits per heavy atom. The Morgan fingerprint density at radius 3 is 2.30 bits per heavy atom. The number of allylic oxidation sites excluding steroid dienone is 1. The number of carbonyl (C=O) groups excluding carboxylic acids is 4. The van der Waals surface area contributed by atoms with Gasteiger partial charge in [-0.05, 0) is 48.8 Å². The van der Waals surface area contributed by atoms with Crippen molar-refractivity contribution < 1.29 is 53.1 Å². The molecule has 3 heterocycles. The van der Waals surface area contributed by atoms with Crippen molar-refractivity contribution in [3.8, 4) is 11.6 Å². The largest absolute Gasteiger partial charge is 0.507 e. The molecule has 3 amide bonds. The van der Waals surface area contributed by atoms with Crippen LogP contribution in [0.4, 0.5) is 5.82 Å². The first-order valence-electron chi connectivity index (χ1n) is 21.2. The lowest BCUT2D eigenvalue weighted by Crippen LogP contribution is -2.55. The van der Waals surface area contributed by atoms with Gasteiger partial charge in [-0.1, -0.05) is 45.9 Å². The molecule has 2 fully saturated rings. The molecule has 1 aromatic heterocycles. The van der Waals surface area contributed by atoms with Gasteiger partial charge in [-0.25, -0.2) is 0 Å². The Morgan fingerprint density at radius 1 is 0.902 bits per heavy atom. The number of phenols is 1. The molecule has 0 aliphatic carbocycles. The maximum absolute atomic E-state index is 12.9. The first-order chi connectivity index (χ1) is 29.3. The molecule has 2 saturated heterocycles. The van der Waals surface area contributed by atoms with E-state index in [0.717, 1.165) is 18.8 Å². The molecule has 338 valence electrons. The number of pyridine rings is 1. The molecule has 2 aliphatic rings. The van der Waals surface area contributed by atoms with Crippen molar-refractivity contribution >= 4 is 29.3 Å². The second-order valence-electron chi connectivity index (χ2n) is 16.4. The topological polar surface area (TPSA) is 210 Å². The summed E-state index contributed by atoms with van der Waals surface area (Å²) in [6, 6.07) is 11.6. The first kappa shape index (κ1) is 48.9. The number of ether oxygens (including phenoxy) is 5. The Balaban J connectivity index is 0.964. The van der Waals surface area contributed by atoms with Crippen LogP contribution in [0.3, 0.4) is 0 Å². The molecule has 5 N–H and O–H groups in total. The van der Waals surface area contributed by atoms with Gasteiger partial charge in [0.05, 0.1) is 64.5 Å². The lowest BCUT2D eigenvalue weighted by atomic mass is 9.85. The number of nitrogens with zero attached hydrogens (tertiary/aromatic N) is 3. The Bertz CT molecular complexity index is 1710. The van der Waals surface area contributed by atoms with E-state index in [1.165, 1.54) is 12.1 Å². The molecule has 17 heteroatoms. The summed E-state index contributed by atoms with van der Waals surface area (Å²) in [5, 5.41) is 28.6. The van der Waals surface area contributed by atoms with Gasteiger partial charge in [0, 0.05) is 63.5 Å². The van der Waals surface area contributed by atoms with Crippen LogP contribution in [0.25, 0.3) is 0 Å². The number of para-hydroxylation sites is 1. The third-order valence-electron chi connectivity index (χ3n) is 10.1. The zero-order chi connectivity index (χ0) is 44.0. The standard InChI is InChI=1S/C44H66N6O11/c1-32-27-33(28-45-16-14-37(53)35-9-5-6-10-36(35)52)50(29-32)38-11-7-13-41(47-38)61-19-8-12-39(54)46-17-20-57-21-22-58-23-24-59-25-26-60-31-40(55)48-42(44(2,3)4)43(56)49-18-15-34(51)30-49/h5-7,9-11,13-14,16,32-34,42,45,51-52H,8,12,15,17-31H2,1-4H3,(H,46,54)(H,48,55)/b16-14+/t32-,33+,34+,42+/m0/s1. The highest BCUT2D eigenvalue weighted by Gasteiger charge is 2.38. The van der Waals surface area contributed by atoms with Crippen LogP contribution in [-0.4, -0.2) is 154 Å². The van der Waals surface area contributed by atoms with Crippen molar-refractivity contribution in [1.29, 1.82) is 0 Å². The molecule has 0 unspecified atom stereocenters. The number of aliphatic hydroxyl groups is 1. The maximum atomic E-state index is 12.9. The number of hydrogen-bond donors (Lipinski definition) is 5. The van der Waals surface area contributed by atoms with Gasteiger partial charge in [-0.15, -0.1) is 0 Å². The fraction of sp³-hybridized carbons (Fsp3) is 0.614. The monoisotopic (exact) mass is 854 g/mol. The van der Waals surface area contributed by atoms with Crippen LogP contribution in [0.5, 0.6) is 11.6 Å². The number of rotatable bonds is 27. The number of carbonyl (C=O) groups is 4. The van der Waals surface area contributed by atoms with Crippen molar-refractivity contribution in [2.45, 2.75) is 71.6 Å². The van der Waals surface area contributed by atoms with E-state index in [4.69, 9.17) is 28.7 Å². The predicted molar refractivity (Wildman–Crippen MR) is 228 cm³/mol. The molecule has 4 rings (SSSR count). The van der Waals surface area contributed by atoms with Crippen LogP contribution in [0.15, 0.2) is 54.7 Å². The summed E-state index contributed by atoms with van der Waals surface area (Å²) in [4.78, 5) is 58.7. The smallest absolute Gasteiger partial charge is 0.246 e. The highest BCUT2D eigenvalue weighted by atomic mass is 16.6. The van der Waals surface area contributed by atoms with E-state index in [0.29, 0.717) is 90.3 Å². The molecule has 1 aromatic carbocycles. The number of anilines is 1. The third kappa shape index (κ3) is 17.6. The number of aliphatic hydroxyl groups excluding tert-OH is 1. The van der Waals surface area contributed by atoms with Gasteiger partial charge in [0.25, 0.3) is 0 Å². The van der Waals surface area contributed by atoms with Crippen LogP contribution in [-0.2, 0) is 33.3 Å². The van der Waals surface area contributed by atoms with Gasteiger partial charge in [0.15, 0.2) is 5.78 Å². The van der Waals surface area contributed by atoms with Crippen LogP contribution < -0.4 is 25.6 Å². The number of ketones is 1. The van der Waals surface area contributed by atoms with Crippen LogP contribution in [0, 0.1) is 11.3 Å². The molecule has 0 bridgehead atoms. The lowest BCUT2D eigenvalue weighted by molar-refractivity contribution is -0.140. The third-order valence-corrected chi connectivity index (χ3v) is 10.1. The van der Waals surface area contributed by atoms with Crippen molar-refractivity contribution in [2.24, 2.45) is 11.3 Å². The van der Waals surface area contributed by atoms with Gasteiger partial charge in [-0.3, -0.25) is 19.2 Å². The van der Waals surface area contributed by atoms with Crippen LogP contribution >= 0.6 is 0 Å². The normalized spacial score (nSPS) is 18.3. The quantitative estimate of drug-likeness (QED) is 0.0497. The van der Waals surface area contributed by atoms with Crippen molar-refractivity contribution in [3.63, 3.8) is 0 Å². The minimum atomic E-state index is -0.721. The fourth-order valence-corrected chi connectivity index (χ4v) is 6.94. The molecule has 61 heavy (non-hydrogen) atoms. The van der Waals surface area contributed by atoms with E-state index >= 15 is 0 Å². The summed E-state index contributed by atoms with van der Waals surface area (Å²) >= 11 is 0. The average molecular weight is 855 g/mol. The molecule has 17 nitrogen and oxygen atoms in total. The number of aromatic hydroxyl groups is 1. The summed E-state index contributed by atoms with van der Waals surface area (Å²) in [6.45, 7) is 12.9. The molecular weight excluding hydrogens is 789 g/mol. The second-order valence-corrected chi connectivity index (χ2v) is 16.4. The molecule has 0 saturated carbocycles. The van der Waals surface area contributed by atoms with Gasteiger partial charge in [-0.2, -0.15) is 4.98 Å². The minimum Gasteiger partial charge on any atom is -0.507 e. The molecule has 2 aliphatic heterocycles. The van der Waals surface area contributed by atoms with E-state index in [9.17, 15) is 29.4 Å². The van der Waals surface area contributed by atoms with Gasteiger partial charge >= 0.3 is 0 Å². The second kappa shape index (κ2) is 25.8. The van der Waals surface area contributed by atoms with Crippen LogP contribution in [0.1, 0.15) is 63.7 Å². The highest BCUT2D eigenvalue weighted by Crippen LogP contribution is 2.29. The van der Waals surface area contributed by atoms with Gasteiger partial charge < -0.3 is 59.6 Å². The van der Waals surface area contributed by atoms with Gasteiger partial charge in [0.2, 0.25) is 23.6 Å². The number of nitrogens with one attached hydrogen (secondary N) is 3. The number of β-amino-alcohol motifs (C(OH)–C–C–N with tert-alkyl or cyclic N) is 1. The van der Waals surface area contributed by atoms with Crippen LogP contribution in [0.2, 0.25) is 0 Å². The number of benzene rings is 1. The maximum Gasteiger partial charge on any atom is 0.246 e. The molecule has 2 aromatic rings. The van der Waals surface area contributed by atoms with Gasteiger partial charge in [0.1, 0.15) is 24.2 Å². The first-order valence-corrected chi connectivity index (χ1v) is 21.2. The SMILES string of the molecule is C[C@H]1C[C@H](CN/C=C/C(=O)c2ccccc2O)N(c2cccc(OCCCC(=O)NCCOCCOCCOCCOCC(=O)N[C@H](C(=O)N3CC[C@@H](O)C3)C(C)(C)C)n2)C1. The van der Waals surface area contributed by atoms with E-state index < -0.39 is 17.6 Å². The minimum absolute atomic E-state index is 0.0442. The zero-order valence-corrected chi connectivity index (χ0v) is 36.1. The molecule has 0 spiro atoms. The average Bonchev–Trinajstić information content (AvgIpc) is 3.84. The molecule has 4 atom stereocenters. The number of amides is 3.